The maximum absolute atomic E-state index is 14.6. The van der Waals surface area contributed by atoms with E-state index in [0.717, 1.165) is 67.5 Å². The topological polar surface area (TPSA) is 96.9 Å². The first-order valence-corrected chi connectivity index (χ1v) is 24.0. The van der Waals surface area contributed by atoms with Crippen LogP contribution in [0.5, 0.6) is 0 Å². The fourth-order valence-corrected chi connectivity index (χ4v) is 10.8. The van der Waals surface area contributed by atoms with Gasteiger partial charge in [0.2, 0.25) is 0 Å². The summed E-state index contributed by atoms with van der Waals surface area (Å²) >= 11 is 31.1. The lowest BCUT2D eigenvalue weighted by Gasteiger charge is -2.39. The second kappa shape index (κ2) is 20.4. The first kappa shape index (κ1) is 48.0. The SMILES string of the molecule is CC(C)N1CCN(c2cc3c(nc2Sc2ccc(F)cc2F)CNC(=O)N3c2c(Cl)cccc2Cl)CC1.O=C1NCc2nc(Sc3ccc(F)cc3F)c(Br)cc2N1c1c(Cl)cccc1Cl. The van der Waals surface area contributed by atoms with Gasteiger partial charge < -0.3 is 15.5 Å². The van der Waals surface area contributed by atoms with Crippen LogP contribution < -0.4 is 25.3 Å². The molecule has 342 valence electrons. The average molecular weight is 1080 g/mol. The number of aromatic nitrogens is 2. The third-order valence-electron chi connectivity index (χ3n) is 10.6. The van der Waals surface area contributed by atoms with E-state index in [1.165, 1.54) is 34.1 Å². The molecule has 0 spiro atoms. The minimum absolute atomic E-state index is 0.180. The van der Waals surface area contributed by atoms with Crippen molar-refractivity contribution in [2.75, 3.05) is 40.9 Å². The molecule has 21 heteroatoms. The Morgan fingerprint density at radius 2 is 1.05 bits per heavy atom. The number of anilines is 5. The van der Waals surface area contributed by atoms with Gasteiger partial charge in [0.1, 0.15) is 33.3 Å². The van der Waals surface area contributed by atoms with Crippen LogP contribution in [0.4, 0.5) is 55.6 Å². The summed E-state index contributed by atoms with van der Waals surface area (Å²) in [5, 5.41) is 7.87. The minimum atomic E-state index is -0.681. The Balaban J connectivity index is 0.000000185. The number of benzene rings is 4. The Labute approximate surface area is 414 Å². The standard InChI is InChI=1S/C26H25Cl2F2N5OS.C19H10BrCl2F2N3OS/c1-15(2)33-8-10-34(11-9-33)22-13-21-20(32-25(22)37-23-7-6-16(29)12-19(23)30)14-31-26(36)35(21)24-17(27)4-3-5-18(24)28;20-10-7-15-14(26-18(10)29-16-5-4-9(23)6-13(16)24)8-25-19(28)27(15)17-11(21)2-1-3-12(17)22/h3-7,12-13,15H,8-11,14H2,1-2H3,(H,31,36);1-7H,8H2,(H,25,28). The zero-order valence-corrected chi connectivity index (χ0v) is 40.9. The highest BCUT2D eigenvalue weighted by Crippen LogP contribution is 2.46. The second-order valence-electron chi connectivity index (χ2n) is 15.1. The minimum Gasteiger partial charge on any atom is -0.367 e. The van der Waals surface area contributed by atoms with E-state index in [9.17, 15) is 27.2 Å². The summed E-state index contributed by atoms with van der Waals surface area (Å²) in [5.74, 6) is -2.63. The largest absolute Gasteiger partial charge is 0.367 e. The third-order valence-corrected chi connectivity index (χ3v) is 14.8. The van der Waals surface area contributed by atoms with Gasteiger partial charge in [-0.15, -0.1) is 0 Å². The van der Waals surface area contributed by atoms with Crippen LogP contribution >= 0.6 is 85.9 Å². The van der Waals surface area contributed by atoms with Gasteiger partial charge in [-0.3, -0.25) is 14.7 Å². The fourth-order valence-electron chi connectivity index (χ4n) is 7.38. The number of para-hydroxylation sites is 2. The molecule has 0 radical (unpaired) electrons. The Hall–Kier alpha value is -4.46. The Kier molecular flexibility index (Phi) is 14.8. The number of hydrogen-bond donors (Lipinski definition) is 2. The van der Waals surface area contributed by atoms with Gasteiger partial charge in [-0.05, 0) is 90.4 Å². The number of pyridine rings is 2. The van der Waals surface area contributed by atoms with Crippen molar-refractivity contribution in [3.05, 3.63) is 144 Å². The first-order chi connectivity index (χ1) is 31.6. The molecule has 6 aromatic rings. The number of piperazine rings is 1. The van der Waals surface area contributed by atoms with Crippen LogP contribution in [-0.4, -0.2) is 59.2 Å². The second-order valence-corrected chi connectivity index (χ2v) is 19.7. The number of halogens is 9. The summed E-state index contributed by atoms with van der Waals surface area (Å²) < 4.78 is 55.9. The predicted octanol–water partition coefficient (Wildman–Crippen LogP) is 13.7. The molecule has 2 N–H and O–H groups in total. The quantitative estimate of drug-likeness (QED) is 0.146. The normalized spacial score (nSPS) is 14.9. The van der Waals surface area contributed by atoms with E-state index in [-0.39, 0.29) is 28.9 Å². The Morgan fingerprint density at radius 3 is 1.50 bits per heavy atom. The molecule has 2 aromatic heterocycles. The molecular weight excluding hydrogens is 1050 g/mol. The van der Waals surface area contributed by atoms with Crippen LogP contribution in [0.2, 0.25) is 20.1 Å². The van der Waals surface area contributed by atoms with Crippen LogP contribution in [0.15, 0.2) is 109 Å². The highest BCUT2D eigenvalue weighted by Gasteiger charge is 2.34. The molecule has 4 amide bonds. The zero-order chi connectivity index (χ0) is 47.0. The molecule has 1 saturated heterocycles. The van der Waals surface area contributed by atoms with Crippen molar-refractivity contribution >= 4 is 126 Å². The molecule has 1 fully saturated rings. The van der Waals surface area contributed by atoms with Gasteiger partial charge in [0.15, 0.2) is 0 Å². The number of urea groups is 2. The van der Waals surface area contributed by atoms with E-state index in [4.69, 9.17) is 51.4 Å². The molecule has 0 bridgehead atoms. The molecular formula is C45H35BrCl4F4N8O2S2. The maximum Gasteiger partial charge on any atom is 0.326 e. The molecule has 3 aliphatic heterocycles. The van der Waals surface area contributed by atoms with Gasteiger partial charge in [0.05, 0.1) is 77.5 Å². The third kappa shape index (κ3) is 10.2. The summed E-state index contributed by atoms with van der Waals surface area (Å²) in [6, 6.07) is 20.1. The molecule has 4 aromatic carbocycles. The molecule has 0 atom stereocenters. The van der Waals surface area contributed by atoms with Gasteiger partial charge in [-0.25, -0.2) is 37.1 Å². The molecule has 9 rings (SSSR count). The molecule has 10 nitrogen and oxygen atoms in total. The van der Waals surface area contributed by atoms with Crippen molar-refractivity contribution in [2.24, 2.45) is 0 Å². The maximum atomic E-state index is 14.6. The number of rotatable bonds is 8. The van der Waals surface area contributed by atoms with Crippen molar-refractivity contribution in [2.45, 2.75) is 52.8 Å². The lowest BCUT2D eigenvalue weighted by molar-refractivity contribution is 0.209. The Bertz CT molecular complexity index is 2840. The van der Waals surface area contributed by atoms with Gasteiger partial charge >= 0.3 is 12.1 Å². The van der Waals surface area contributed by atoms with Gasteiger partial charge in [-0.1, -0.05) is 82.1 Å². The van der Waals surface area contributed by atoms with Gasteiger partial charge in [0, 0.05) is 54.1 Å². The summed E-state index contributed by atoms with van der Waals surface area (Å²) in [6.45, 7) is 7.87. The average Bonchev–Trinajstić information content (AvgIpc) is 3.27. The van der Waals surface area contributed by atoms with Crippen molar-refractivity contribution in [3.63, 3.8) is 0 Å². The molecule has 0 unspecified atom stereocenters. The summed E-state index contributed by atoms with van der Waals surface area (Å²) in [7, 11) is 0. The number of fused-ring (bicyclic) bond motifs is 2. The zero-order valence-electron chi connectivity index (χ0n) is 34.6. The molecule has 0 aliphatic carbocycles. The van der Waals surface area contributed by atoms with Gasteiger partial charge in [-0.2, -0.15) is 0 Å². The Morgan fingerprint density at radius 1 is 0.606 bits per heavy atom. The van der Waals surface area contributed by atoms with E-state index < -0.39 is 29.3 Å². The number of carbonyl (C=O) groups is 2. The van der Waals surface area contributed by atoms with E-state index in [1.807, 2.05) is 6.07 Å². The number of amides is 4. The van der Waals surface area contributed by atoms with Crippen LogP contribution in [0.3, 0.4) is 0 Å². The monoisotopic (exact) mass is 1080 g/mol. The van der Waals surface area contributed by atoms with Gasteiger partial charge in [0.25, 0.3) is 0 Å². The number of carbonyl (C=O) groups excluding carboxylic acids is 2. The number of nitrogens with one attached hydrogen (secondary N) is 2. The van der Waals surface area contributed by atoms with Crippen LogP contribution in [0, 0.1) is 23.3 Å². The van der Waals surface area contributed by atoms with E-state index >= 15 is 0 Å². The molecule has 5 heterocycles. The van der Waals surface area contributed by atoms with Crippen LogP contribution in [0.1, 0.15) is 25.2 Å². The van der Waals surface area contributed by atoms with E-state index in [2.05, 4.69) is 55.2 Å². The molecule has 3 aliphatic rings. The van der Waals surface area contributed by atoms with Crippen molar-refractivity contribution < 1.29 is 27.2 Å². The predicted molar refractivity (Wildman–Crippen MR) is 258 cm³/mol. The van der Waals surface area contributed by atoms with E-state index in [0.29, 0.717) is 74.8 Å². The number of nitrogens with zero attached hydrogens (tertiary/aromatic N) is 6. The first-order valence-electron chi connectivity index (χ1n) is 20.1. The highest BCUT2D eigenvalue weighted by molar-refractivity contribution is 9.10. The molecule has 0 saturated carbocycles. The summed E-state index contributed by atoms with van der Waals surface area (Å²) in [6.07, 6.45) is 0. The van der Waals surface area contributed by atoms with Crippen molar-refractivity contribution in [1.29, 1.82) is 0 Å². The lowest BCUT2D eigenvalue weighted by Crippen LogP contribution is -2.49. The van der Waals surface area contributed by atoms with Crippen LogP contribution in [-0.2, 0) is 13.1 Å². The summed E-state index contributed by atoms with van der Waals surface area (Å²) in [5.41, 5.74) is 3.67. The number of hydrogen-bond acceptors (Lipinski definition) is 8. The lowest BCUT2D eigenvalue weighted by atomic mass is 10.1. The van der Waals surface area contributed by atoms with Crippen LogP contribution in [0.25, 0.3) is 0 Å². The van der Waals surface area contributed by atoms with Crippen molar-refractivity contribution in [1.82, 2.24) is 25.5 Å². The summed E-state index contributed by atoms with van der Waals surface area (Å²) in [4.78, 5) is 43.0. The van der Waals surface area contributed by atoms with Crippen molar-refractivity contribution in [3.8, 4) is 0 Å². The highest BCUT2D eigenvalue weighted by atomic mass is 79.9. The fraction of sp³-hybridized carbons (Fsp3) is 0.200. The smallest absolute Gasteiger partial charge is 0.326 e. The molecule has 66 heavy (non-hydrogen) atoms. The van der Waals surface area contributed by atoms with E-state index in [1.54, 1.807) is 42.5 Å².